The molecule has 1 aromatic heterocycles. The van der Waals surface area contributed by atoms with Crippen molar-refractivity contribution in [3.8, 4) is 0 Å². The molecule has 1 aromatic rings. The van der Waals surface area contributed by atoms with Gasteiger partial charge in [-0.3, -0.25) is 10.1 Å². The third-order valence-corrected chi connectivity index (χ3v) is 9.69. The van der Waals surface area contributed by atoms with Crippen molar-refractivity contribution < 1.29 is 24.5 Å². The Bertz CT molecular complexity index is 951. The maximum Gasteiger partial charge on any atom is 0.323 e. The summed E-state index contributed by atoms with van der Waals surface area (Å²) in [6.07, 6.45) is 1.65. The summed E-state index contributed by atoms with van der Waals surface area (Å²) in [6.45, 7) is 7.47. The number of rotatable bonds is 7. The molecule has 36 heavy (non-hydrogen) atoms. The monoisotopic (exact) mass is 523 g/mol. The van der Waals surface area contributed by atoms with E-state index in [0.29, 0.717) is 50.8 Å². The number of hydrogen-bond acceptors (Lipinski definition) is 8. The molecule has 0 bridgehead atoms. The van der Waals surface area contributed by atoms with Crippen molar-refractivity contribution in [1.82, 2.24) is 20.1 Å². The van der Waals surface area contributed by atoms with Gasteiger partial charge in [0, 0.05) is 48.8 Å². The Morgan fingerprint density at radius 3 is 2.67 bits per heavy atom. The van der Waals surface area contributed by atoms with Crippen LogP contribution in [0.1, 0.15) is 49.6 Å². The lowest BCUT2D eigenvalue weighted by Crippen LogP contribution is -2.57. The predicted octanol–water partition coefficient (Wildman–Crippen LogP) is 1.49. The van der Waals surface area contributed by atoms with E-state index in [1.54, 1.807) is 4.90 Å². The van der Waals surface area contributed by atoms with Gasteiger partial charge in [0.1, 0.15) is 0 Å². The molecular weight excluding hydrogens is 482 g/mol. The van der Waals surface area contributed by atoms with E-state index in [-0.39, 0.29) is 42.2 Å². The Morgan fingerprint density at radius 2 is 2.00 bits per heavy atom. The highest BCUT2D eigenvalue weighted by Crippen LogP contribution is 2.62. The van der Waals surface area contributed by atoms with Crippen LogP contribution in [0.2, 0.25) is 0 Å². The number of likely N-dealkylation sites (N-methyl/N-ethyl adjacent to an activating group) is 1. The third-order valence-electron chi connectivity index (χ3n) is 8.68. The van der Waals surface area contributed by atoms with Crippen molar-refractivity contribution in [2.75, 3.05) is 65.4 Å². The van der Waals surface area contributed by atoms with Gasteiger partial charge in [-0.15, -0.1) is 11.3 Å². The molecule has 1 aliphatic heterocycles. The number of aromatic nitrogens is 1. The smallest absolute Gasteiger partial charge is 0.323 e. The molecule has 4 N–H and O–H groups in total. The van der Waals surface area contributed by atoms with E-state index in [1.807, 2.05) is 25.9 Å². The lowest BCUT2D eigenvalue weighted by atomic mass is 9.47. The highest BCUT2D eigenvalue weighted by molar-refractivity contribution is 7.15. The van der Waals surface area contributed by atoms with Gasteiger partial charge in [0.05, 0.1) is 31.6 Å². The highest BCUT2D eigenvalue weighted by atomic mass is 32.1. The summed E-state index contributed by atoms with van der Waals surface area (Å²) in [5, 5.41) is 27.8. The van der Waals surface area contributed by atoms with Crippen LogP contribution in [0.5, 0.6) is 0 Å². The number of carbonyl (C=O) groups excluding carboxylic acids is 2. The second-order valence-corrected chi connectivity index (χ2v) is 12.3. The van der Waals surface area contributed by atoms with Gasteiger partial charge in [-0.25, -0.2) is 9.78 Å². The molecule has 2 fully saturated rings. The zero-order valence-electron chi connectivity index (χ0n) is 21.9. The fourth-order valence-corrected chi connectivity index (χ4v) is 7.37. The van der Waals surface area contributed by atoms with Crippen molar-refractivity contribution in [2.45, 2.75) is 51.6 Å². The standard InChI is InChI=1S/C25H41N5O5S/c1-24-6-5-19(32)25(2,15-31)18(24)14-17-21(16(24)13-20(33)26-7-8-29(3)4)27-22(36-17)28-23(34)30-9-11-35-12-10-30/h16,18-19,31-32H,5-15H2,1-4H3,(H,26,33)(H,27,28,34). The van der Waals surface area contributed by atoms with Crippen LogP contribution in [0.4, 0.5) is 9.93 Å². The first-order valence-electron chi connectivity index (χ1n) is 12.9. The van der Waals surface area contributed by atoms with Crippen LogP contribution in [0.25, 0.3) is 0 Å². The molecule has 0 spiro atoms. The summed E-state index contributed by atoms with van der Waals surface area (Å²) in [4.78, 5) is 35.5. The molecule has 4 rings (SSSR count). The SMILES string of the molecule is CN(C)CCNC(=O)CC1c2nc(NC(=O)N3CCOCC3)sc2CC2C(C)(CO)C(O)CCC12C. The van der Waals surface area contributed by atoms with E-state index in [0.717, 1.165) is 23.5 Å². The summed E-state index contributed by atoms with van der Waals surface area (Å²) in [6, 6.07) is -0.193. The molecule has 0 radical (unpaired) electrons. The van der Waals surface area contributed by atoms with E-state index < -0.39 is 11.5 Å². The second-order valence-electron chi connectivity index (χ2n) is 11.2. The number of aliphatic hydroxyl groups is 2. The number of fused-ring (bicyclic) bond motifs is 2. The van der Waals surface area contributed by atoms with Crippen LogP contribution in [-0.4, -0.2) is 103 Å². The molecule has 3 aliphatic rings. The number of nitrogens with one attached hydrogen (secondary N) is 2. The van der Waals surface area contributed by atoms with Crippen LogP contribution in [0.15, 0.2) is 0 Å². The molecule has 2 aliphatic carbocycles. The normalized spacial score (nSPS) is 32.1. The number of anilines is 1. The first-order valence-corrected chi connectivity index (χ1v) is 13.7. The third kappa shape index (κ3) is 5.26. The number of aliphatic hydroxyl groups excluding tert-OH is 2. The van der Waals surface area contributed by atoms with Gasteiger partial charge < -0.3 is 30.1 Å². The van der Waals surface area contributed by atoms with Gasteiger partial charge in [-0.2, -0.15) is 0 Å². The first-order chi connectivity index (χ1) is 17.1. The number of amides is 3. The van der Waals surface area contributed by atoms with Crippen LogP contribution >= 0.6 is 11.3 Å². The van der Waals surface area contributed by atoms with Crippen molar-refractivity contribution in [3.05, 3.63) is 10.6 Å². The number of thiazole rings is 1. The minimum absolute atomic E-state index is 0.0194. The molecule has 202 valence electrons. The molecular formula is C25H41N5O5S. The van der Waals surface area contributed by atoms with Gasteiger partial charge in [0.2, 0.25) is 5.91 Å². The Kier molecular flexibility index (Phi) is 8.25. The second kappa shape index (κ2) is 10.9. The number of ether oxygens (including phenoxy) is 1. The molecule has 10 nitrogen and oxygen atoms in total. The van der Waals surface area contributed by atoms with Crippen LogP contribution in [0, 0.1) is 16.7 Å². The summed E-state index contributed by atoms with van der Waals surface area (Å²) in [5.74, 6) is -0.221. The van der Waals surface area contributed by atoms with Crippen LogP contribution in [-0.2, 0) is 16.0 Å². The van der Waals surface area contributed by atoms with Crippen LogP contribution < -0.4 is 10.6 Å². The zero-order chi connectivity index (χ0) is 26.1. The minimum atomic E-state index is -0.675. The summed E-state index contributed by atoms with van der Waals surface area (Å²) in [5.41, 5.74) is -0.122. The lowest BCUT2D eigenvalue weighted by molar-refractivity contribution is -0.144. The summed E-state index contributed by atoms with van der Waals surface area (Å²) >= 11 is 1.44. The first kappa shape index (κ1) is 27.3. The quantitative estimate of drug-likeness (QED) is 0.426. The highest BCUT2D eigenvalue weighted by Gasteiger charge is 2.59. The van der Waals surface area contributed by atoms with Gasteiger partial charge in [0.25, 0.3) is 0 Å². The molecule has 5 atom stereocenters. The number of carbonyl (C=O) groups is 2. The van der Waals surface area contributed by atoms with E-state index in [1.165, 1.54) is 11.3 Å². The number of hydrogen-bond donors (Lipinski definition) is 4. The molecule has 3 amide bonds. The van der Waals surface area contributed by atoms with E-state index >= 15 is 0 Å². The van der Waals surface area contributed by atoms with Gasteiger partial charge in [-0.1, -0.05) is 13.8 Å². The molecule has 2 heterocycles. The number of urea groups is 1. The van der Waals surface area contributed by atoms with Crippen molar-refractivity contribution in [1.29, 1.82) is 0 Å². The fourth-order valence-electron chi connectivity index (χ4n) is 6.31. The predicted molar refractivity (Wildman–Crippen MR) is 138 cm³/mol. The molecule has 0 aromatic carbocycles. The maximum absolute atomic E-state index is 13.1. The lowest BCUT2D eigenvalue weighted by Gasteiger charge is -2.58. The summed E-state index contributed by atoms with van der Waals surface area (Å²) < 4.78 is 5.35. The van der Waals surface area contributed by atoms with Crippen molar-refractivity contribution >= 4 is 28.4 Å². The maximum atomic E-state index is 13.1. The largest absolute Gasteiger partial charge is 0.396 e. The Labute approximate surface area is 217 Å². The van der Waals surface area contributed by atoms with Crippen LogP contribution in [0.3, 0.4) is 0 Å². The topological polar surface area (TPSA) is 127 Å². The van der Waals surface area contributed by atoms with E-state index in [2.05, 4.69) is 17.6 Å². The average Bonchev–Trinajstić information content (AvgIpc) is 3.25. The Morgan fingerprint density at radius 1 is 1.28 bits per heavy atom. The number of nitrogens with zero attached hydrogens (tertiary/aromatic N) is 3. The fraction of sp³-hybridized carbons (Fsp3) is 0.800. The van der Waals surface area contributed by atoms with Crippen molar-refractivity contribution in [2.24, 2.45) is 16.7 Å². The minimum Gasteiger partial charge on any atom is -0.396 e. The molecule has 11 heteroatoms. The van der Waals surface area contributed by atoms with Gasteiger partial charge in [-0.05, 0) is 44.7 Å². The molecule has 1 saturated heterocycles. The summed E-state index contributed by atoms with van der Waals surface area (Å²) in [7, 11) is 3.94. The molecule has 1 saturated carbocycles. The zero-order valence-corrected chi connectivity index (χ0v) is 22.7. The average molecular weight is 524 g/mol. The van der Waals surface area contributed by atoms with Gasteiger partial charge >= 0.3 is 6.03 Å². The number of morpholine rings is 1. The van der Waals surface area contributed by atoms with Crippen molar-refractivity contribution in [3.63, 3.8) is 0 Å². The van der Waals surface area contributed by atoms with Gasteiger partial charge in [0.15, 0.2) is 5.13 Å². The Balaban J connectivity index is 1.62. The molecule has 5 unspecified atom stereocenters. The van der Waals surface area contributed by atoms with E-state index in [9.17, 15) is 19.8 Å². The Hall–Kier alpha value is -1.79. The van der Waals surface area contributed by atoms with E-state index in [4.69, 9.17) is 9.72 Å².